The van der Waals surface area contributed by atoms with E-state index in [1.165, 1.54) is 62.3 Å². The molecule has 0 aliphatic heterocycles. The van der Waals surface area contributed by atoms with Crippen LogP contribution in [0.25, 0.3) is 0 Å². The van der Waals surface area contributed by atoms with E-state index >= 15 is 0 Å². The third-order valence-corrected chi connectivity index (χ3v) is 8.27. The molecule has 0 bridgehead atoms. The lowest BCUT2D eigenvalue weighted by Gasteiger charge is -2.40. The molecule has 2 fully saturated rings. The maximum absolute atomic E-state index is 12.5. The van der Waals surface area contributed by atoms with Gasteiger partial charge in [0.25, 0.3) is 0 Å². The average Bonchev–Trinajstić information content (AvgIpc) is 2.88. The number of Topliss-reactive ketones (excluding diaryl/α,β-unsaturated/α-hetero) is 7. The molecular weight excluding hydrogens is 587 g/mol. The maximum Gasteiger partial charge on any atom is 0.522 e. The van der Waals surface area contributed by atoms with Crippen LogP contribution in [-0.2, 0) is 38.3 Å². The van der Waals surface area contributed by atoms with Gasteiger partial charge in [-0.2, -0.15) is 0 Å². The lowest BCUT2D eigenvalue weighted by atomic mass is 9.57. The number of halogens is 3. The Hall–Kier alpha value is -3.09. The quantitative estimate of drug-likeness (QED) is 0.172. The van der Waals surface area contributed by atoms with E-state index in [-0.39, 0.29) is 17.4 Å². The highest BCUT2D eigenvalue weighted by Gasteiger charge is 2.60. The molecule has 2 aliphatic rings. The fourth-order valence-electron chi connectivity index (χ4n) is 5.68. The summed E-state index contributed by atoms with van der Waals surface area (Å²) in [5.41, 5.74) is -5.32. The first-order valence-corrected chi connectivity index (χ1v) is 14.3. The summed E-state index contributed by atoms with van der Waals surface area (Å²) in [6.07, 6.45) is -4.89. The molecule has 0 aromatic carbocycles. The number of carbonyl (C=O) groups is 7. The van der Waals surface area contributed by atoms with Gasteiger partial charge < -0.3 is 5.21 Å². The van der Waals surface area contributed by atoms with Crippen LogP contribution in [0.15, 0.2) is 5.16 Å². The van der Waals surface area contributed by atoms with Crippen LogP contribution in [0, 0.1) is 45.3 Å². The summed E-state index contributed by atoms with van der Waals surface area (Å²) >= 11 is 0. The summed E-state index contributed by atoms with van der Waals surface area (Å²) in [6, 6.07) is 0. The van der Waals surface area contributed by atoms with Crippen LogP contribution >= 0.6 is 0 Å². The van der Waals surface area contributed by atoms with Crippen molar-refractivity contribution < 1.29 is 56.7 Å². The number of rotatable bonds is 8. The van der Waals surface area contributed by atoms with Crippen molar-refractivity contribution >= 4 is 46.2 Å². The van der Waals surface area contributed by atoms with Crippen LogP contribution in [-0.4, -0.2) is 64.4 Å². The molecule has 0 aromatic heterocycles. The van der Waals surface area contributed by atoms with Crippen LogP contribution in [0.3, 0.4) is 0 Å². The third-order valence-electron chi connectivity index (χ3n) is 8.27. The lowest BCUT2D eigenvalue weighted by molar-refractivity contribution is -0.328. The molecule has 0 heterocycles. The molecule has 2 rings (SSSR count). The van der Waals surface area contributed by atoms with Gasteiger partial charge in [-0.15, -0.1) is 13.2 Å². The molecule has 1 N–H and O–H groups in total. The standard InChI is InChI=1S/C16H21F3O5.C15H23NO4/c1-8(7-24-16(17,18)19)6-9(20)10-11(21)14(2,3)13(23)15(4,5)12(10)22;1-8(2)7-9(16-20)10-11(17)14(3,4)13(19)15(5,6)12(10)18/h8,10H,6-7H2,1-5H3;8,10,20H,7H2,1-6H3/b;16-9+. The predicted octanol–water partition coefficient (Wildman–Crippen LogP) is 4.76. The summed E-state index contributed by atoms with van der Waals surface area (Å²) in [6.45, 7) is 15.9. The minimum atomic E-state index is -4.82. The van der Waals surface area contributed by atoms with Gasteiger partial charge in [-0.05, 0) is 73.6 Å². The second-order valence-electron chi connectivity index (χ2n) is 14.2. The normalized spacial score (nSPS) is 23.0. The van der Waals surface area contributed by atoms with Crippen molar-refractivity contribution in [2.24, 2.45) is 50.5 Å². The Morgan fingerprint density at radius 3 is 1.36 bits per heavy atom. The van der Waals surface area contributed by atoms with E-state index in [0.29, 0.717) is 6.42 Å². The van der Waals surface area contributed by atoms with Crippen LogP contribution in [0.5, 0.6) is 0 Å². The summed E-state index contributed by atoms with van der Waals surface area (Å²) in [4.78, 5) is 86.8. The Kier molecular flexibility index (Phi) is 11.6. The van der Waals surface area contributed by atoms with Gasteiger partial charge in [-0.3, -0.25) is 38.3 Å². The number of ketones is 7. The van der Waals surface area contributed by atoms with Gasteiger partial charge in [-0.25, -0.2) is 0 Å². The highest BCUT2D eigenvalue weighted by atomic mass is 19.4. The van der Waals surface area contributed by atoms with E-state index < -0.39 is 93.5 Å². The summed E-state index contributed by atoms with van der Waals surface area (Å²) in [7, 11) is 0. The summed E-state index contributed by atoms with van der Waals surface area (Å²) < 4.78 is 39.7. The number of carbonyl (C=O) groups excluding carboxylic acids is 7. The van der Waals surface area contributed by atoms with Gasteiger partial charge in [0.1, 0.15) is 11.8 Å². The third kappa shape index (κ3) is 7.76. The van der Waals surface area contributed by atoms with Crippen molar-refractivity contribution in [2.75, 3.05) is 6.61 Å². The SMILES string of the molecule is CC(C)C/C(=N\O)C1C(=O)C(C)(C)C(=O)C(C)(C)C1=O.CC(COC(F)(F)F)CC(=O)C1C(=O)C(C)(C)C(=O)C(C)(C)C1=O. The Morgan fingerprint density at radius 2 is 1.07 bits per heavy atom. The number of alkyl halides is 3. The first kappa shape index (κ1) is 38.9. The van der Waals surface area contributed by atoms with Crippen molar-refractivity contribution in [3.05, 3.63) is 0 Å². The van der Waals surface area contributed by atoms with Crippen LogP contribution in [0.2, 0.25) is 0 Å². The van der Waals surface area contributed by atoms with E-state index in [1.54, 1.807) is 0 Å². The smallest absolute Gasteiger partial charge is 0.411 e. The van der Waals surface area contributed by atoms with Crippen molar-refractivity contribution in [2.45, 2.75) is 95.4 Å². The minimum Gasteiger partial charge on any atom is -0.411 e. The molecule has 1 unspecified atom stereocenters. The molecule has 2 aliphatic carbocycles. The fourth-order valence-corrected chi connectivity index (χ4v) is 5.68. The van der Waals surface area contributed by atoms with Gasteiger partial charge in [0.2, 0.25) is 0 Å². The Labute approximate surface area is 255 Å². The second-order valence-corrected chi connectivity index (χ2v) is 14.2. The molecule has 0 spiro atoms. The highest BCUT2D eigenvalue weighted by Crippen LogP contribution is 2.43. The number of hydrogen-bond acceptors (Lipinski definition) is 10. The Balaban J connectivity index is 0.000000447. The Morgan fingerprint density at radius 1 is 0.727 bits per heavy atom. The van der Waals surface area contributed by atoms with Crippen LogP contribution in [0.1, 0.15) is 89.0 Å². The molecule has 44 heavy (non-hydrogen) atoms. The molecule has 13 heteroatoms. The van der Waals surface area contributed by atoms with Crippen molar-refractivity contribution in [3.8, 4) is 0 Å². The van der Waals surface area contributed by atoms with Crippen molar-refractivity contribution in [1.82, 2.24) is 0 Å². The van der Waals surface area contributed by atoms with Gasteiger partial charge in [0.15, 0.2) is 40.5 Å². The Bertz CT molecular complexity index is 1200. The fraction of sp³-hybridized carbons (Fsp3) is 0.742. The number of oxime groups is 1. The van der Waals surface area contributed by atoms with Crippen molar-refractivity contribution in [3.63, 3.8) is 0 Å². The topological polar surface area (TPSA) is 161 Å². The monoisotopic (exact) mass is 631 g/mol. The summed E-state index contributed by atoms with van der Waals surface area (Å²) in [5.74, 6) is -7.70. The molecule has 0 saturated heterocycles. The average molecular weight is 632 g/mol. The van der Waals surface area contributed by atoms with Crippen molar-refractivity contribution in [1.29, 1.82) is 0 Å². The van der Waals surface area contributed by atoms with E-state index in [4.69, 9.17) is 5.21 Å². The van der Waals surface area contributed by atoms with E-state index in [0.717, 1.165) is 0 Å². The molecular formula is C31H44F3NO9. The van der Waals surface area contributed by atoms with Gasteiger partial charge >= 0.3 is 6.36 Å². The first-order chi connectivity index (χ1) is 19.6. The van der Waals surface area contributed by atoms with Crippen LogP contribution < -0.4 is 0 Å². The van der Waals surface area contributed by atoms with Gasteiger partial charge in [0.05, 0.1) is 34.0 Å². The molecule has 0 radical (unpaired) electrons. The molecule has 248 valence electrons. The van der Waals surface area contributed by atoms with E-state index in [9.17, 15) is 46.7 Å². The molecule has 0 amide bonds. The lowest BCUT2D eigenvalue weighted by Crippen LogP contribution is -2.59. The number of ether oxygens (including phenoxy) is 1. The first-order valence-electron chi connectivity index (χ1n) is 14.3. The predicted molar refractivity (Wildman–Crippen MR) is 152 cm³/mol. The molecule has 0 aromatic rings. The maximum atomic E-state index is 12.5. The minimum absolute atomic E-state index is 0.144. The van der Waals surface area contributed by atoms with Crippen LogP contribution in [0.4, 0.5) is 13.2 Å². The zero-order valence-electron chi connectivity index (χ0n) is 27.2. The largest absolute Gasteiger partial charge is 0.522 e. The number of hydrogen-bond donors (Lipinski definition) is 1. The van der Waals surface area contributed by atoms with Gasteiger partial charge in [0, 0.05) is 6.42 Å². The molecule has 10 nitrogen and oxygen atoms in total. The van der Waals surface area contributed by atoms with Gasteiger partial charge in [-0.1, -0.05) is 25.9 Å². The zero-order chi connectivity index (χ0) is 35.0. The van der Waals surface area contributed by atoms with E-state index in [2.05, 4.69) is 9.89 Å². The van der Waals surface area contributed by atoms with E-state index in [1.807, 2.05) is 13.8 Å². The highest BCUT2D eigenvalue weighted by molar-refractivity contribution is 6.36. The number of nitrogens with zero attached hydrogens (tertiary/aromatic N) is 1. The summed E-state index contributed by atoms with van der Waals surface area (Å²) in [5, 5.41) is 12.3. The zero-order valence-corrected chi connectivity index (χ0v) is 27.2. The second kappa shape index (κ2) is 13.1. The molecule has 2 saturated carbocycles. The molecule has 1 atom stereocenters.